The van der Waals surface area contributed by atoms with E-state index in [0.29, 0.717) is 24.0 Å². The average Bonchev–Trinajstić information content (AvgIpc) is 3.80. The Hall–Kier alpha value is -2.63. The largest absolute Gasteiger partial charge is 0.376 e. The molecule has 1 saturated heterocycles. The van der Waals surface area contributed by atoms with Crippen molar-refractivity contribution in [1.82, 2.24) is 14.9 Å². The van der Waals surface area contributed by atoms with Crippen LogP contribution in [0.1, 0.15) is 31.2 Å². The Labute approximate surface area is 214 Å². The van der Waals surface area contributed by atoms with E-state index < -0.39 is 50.7 Å². The number of alkyl halides is 2. The van der Waals surface area contributed by atoms with E-state index in [9.17, 15) is 22.0 Å². The van der Waals surface area contributed by atoms with Crippen LogP contribution in [0.2, 0.25) is 0 Å². The Balaban J connectivity index is 1.46. The molecule has 1 spiro atoms. The fourth-order valence-electron chi connectivity index (χ4n) is 5.39. The highest BCUT2D eigenvalue weighted by Crippen LogP contribution is 2.55. The highest BCUT2D eigenvalue weighted by molar-refractivity contribution is 7.89. The molecule has 1 heterocycles. The van der Waals surface area contributed by atoms with Crippen molar-refractivity contribution in [3.05, 3.63) is 59.9 Å². The molecule has 11 heteroatoms. The monoisotopic (exact) mass is 537 g/mol. The van der Waals surface area contributed by atoms with Crippen molar-refractivity contribution in [2.45, 2.75) is 55.5 Å². The van der Waals surface area contributed by atoms with Gasteiger partial charge in [-0.25, -0.2) is 22.3 Å². The zero-order valence-electron chi connectivity index (χ0n) is 20.4. The molecule has 5 rings (SSSR count). The third-order valence-corrected chi connectivity index (χ3v) is 9.06. The van der Waals surface area contributed by atoms with Gasteiger partial charge in [-0.1, -0.05) is 48.5 Å². The second kappa shape index (κ2) is 9.59. The number of amides is 2. The van der Waals surface area contributed by atoms with Crippen LogP contribution in [0.15, 0.2) is 48.5 Å². The van der Waals surface area contributed by atoms with E-state index in [1.807, 2.05) is 6.07 Å². The number of nitrogens with zero attached hydrogens (tertiary/aromatic N) is 1. The van der Waals surface area contributed by atoms with Gasteiger partial charge >= 0.3 is 11.8 Å². The van der Waals surface area contributed by atoms with E-state index in [1.54, 1.807) is 49.6 Å². The molecule has 3 aliphatic rings. The summed E-state index contributed by atoms with van der Waals surface area (Å²) >= 11 is 0. The van der Waals surface area contributed by atoms with Crippen molar-refractivity contribution < 1.29 is 31.1 Å². The molecule has 0 unspecified atom stereocenters. The van der Waals surface area contributed by atoms with Crippen LogP contribution in [0.25, 0.3) is 11.1 Å². The second-order valence-corrected chi connectivity index (χ2v) is 12.0. The number of sulfonamides is 1. The second-order valence-electron chi connectivity index (χ2n) is 10.4. The Morgan fingerprint density at radius 1 is 1.11 bits per heavy atom. The van der Waals surface area contributed by atoms with Gasteiger partial charge in [-0.2, -0.15) is 8.78 Å². The maximum atomic E-state index is 15.7. The molecule has 2 aromatic carbocycles. The number of carbonyl (C=O) groups excluding carboxylic acids is 1. The Morgan fingerprint density at radius 3 is 2.41 bits per heavy atom. The molecule has 0 aromatic heterocycles. The zero-order valence-corrected chi connectivity index (χ0v) is 21.2. The number of ether oxygens (including phenoxy) is 1. The number of likely N-dealkylation sites (tertiary alicyclic amines) is 1. The minimum absolute atomic E-state index is 0.0342. The van der Waals surface area contributed by atoms with Gasteiger partial charge in [0, 0.05) is 31.2 Å². The molecule has 7 nitrogen and oxygen atoms in total. The molecular formula is C26H30F3N3O4S. The smallest absolute Gasteiger partial charge is 0.350 e. The van der Waals surface area contributed by atoms with Crippen molar-refractivity contribution in [2.75, 3.05) is 20.2 Å². The number of methoxy groups -OCH3 is 1. The molecule has 2 amide bonds. The molecule has 0 radical (unpaired) electrons. The number of hydrogen-bond donors (Lipinski definition) is 2. The average molecular weight is 538 g/mol. The Kier molecular flexibility index (Phi) is 6.74. The predicted octanol–water partition coefficient (Wildman–Crippen LogP) is 3.90. The summed E-state index contributed by atoms with van der Waals surface area (Å²) in [6.45, 7) is 0.476. The van der Waals surface area contributed by atoms with Gasteiger partial charge in [-0.15, -0.1) is 0 Å². The third kappa shape index (κ3) is 5.08. The van der Waals surface area contributed by atoms with Crippen LogP contribution in [-0.2, 0) is 21.2 Å². The normalized spacial score (nSPS) is 23.4. The summed E-state index contributed by atoms with van der Waals surface area (Å²) in [5.41, 5.74) is 0.253. The van der Waals surface area contributed by atoms with Gasteiger partial charge in [0.05, 0.1) is 17.7 Å². The summed E-state index contributed by atoms with van der Waals surface area (Å²) < 4.78 is 74.4. The summed E-state index contributed by atoms with van der Waals surface area (Å²) in [6.07, 6.45) is 2.75. The fraction of sp³-hybridized carbons (Fsp3) is 0.500. The lowest BCUT2D eigenvalue weighted by Gasteiger charge is -2.30. The third-order valence-electron chi connectivity index (χ3n) is 8.00. The molecule has 2 N–H and O–H groups in total. The van der Waals surface area contributed by atoms with Crippen molar-refractivity contribution in [1.29, 1.82) is 0 Å². The zero-order chi connectivity index (χ0) is 26.4. The van der Waals surface area contributed by atoms with Crippen LogP contribution in [0, 0.1) is 11.2 Å². The number of halogens is 3. The first-order chi connectivity index (χ1) is 17.6. The van der Waals surface area contributed by atoms with Gasteiger partial charge in [0.2, 0.25) is 0 Å². The first-order valence-corrected chi connectivity index (χ1v) is 13.9. The molecule has 2 aromatic rings. The number of urea groups is 1. The van der Waals surface area contributed by atoms with E-state index in [2.05, 4.69) is 10.0 Å². The van der Waals surface area contributed by atoms with Crippen LogP contribution in [0.3, 0.4) is 0 Å². The van der Waals surface area contributed by atoms with E-state index >= 15 is 4.39 Å². The lowest BCUT2D eigenvalue weighted by Crippen LogP contribution is -2.53. The topological polar surface area (TPSA) is 87.7 Å². The molecule has 37 heavy (non-hydrogen) atoms. The van der Waals surface area contributed by atoms with Crippen LogP contribution in [-0.4, -0.2) is 63.0 Å². The SMILES string of the molecule is COC1(CNC(=O)N2CC3(CC3)[C@H](NS(=O)(=O)C(F)F)[C@@H]2Cc2cccc(-c3ccccc3)c2F)CC1. The summed E-state index contributed by atoms with van der Waals surface area (Å²) in [5.74, 6) is -4.10. The molecular weight excluding hydrogens is 507 g/mol. The summed E-state index contributed by atoms with van der Waals surface area (Å²) in [6, 6.07) is 11.6. The van der Waals surface area contributed by atoms with Crippen LogP contribution >= 0.6 is 0 Å². The van der Waals surface area contributed by atoms with Gasteiger partial charge < -0.3 is 15.0 Å². The molecule has 200 valence electrons. The van der Waals surface area contributed by atoms with Gasteiger partial charge in [-0.3, -0.25) is 0 Å². The number of hydrogen-bond acceptors (Lipinski definition) is 4. The van der Waals surface area contributed by atoms with E-state index in [4.69, 9.17) is 4.74 Å². The molecule has 2 atom stereocenters. The summed E-state index contributed by atoms with van der Waals surface area (Å²) in [5, 5.41) is 2.86. The van der Waals surface area contributed by atoms with Gasteiger partial charge in [0.1, 0.15) is 5.82 Å². The lowest BCUT2D eigenvalue weighted by atomic mass is 9.91. The highest BCUT2D eigenvalue weighted by Gasteiger charge is 2.62. The molecule has 1 aliphatic heterocycles. The summed E-state index contributed by atoms with van der Waals surface area (Å²) in [7, 11) is -3.36. The van der Waals surface area contributed by atoms with Crippen molar-refractivity contribution in [2.24, 2.45) is 5.41 Å². The lowest BCUT2D eigenvalue weighted by molar-refractivity contribution is 0.0793. The van der Waals surface area contributed by atoms with E-state index in [0.717, 1.165) is 12.8 Å². The van der Waals surface area contributed by atoms with Crippen LogP contribution < -0.4 is 10.0 Å². The molecule has 0 bridgehead atoms. The molecule has 2 saturated carbocycles. The molecule has 3 fully saturated rings. The number of rotatable bonds is 9. The van der Waals surface area contributed by atoms with Gasteiger partial charge in [-0.05, 0) is 43.2 Å². The summed E-state index contributed by atoms with van der Waals surface area (Å²) in [4.78, 5) is 14.8. The first kappa shape index (κ1) is 26.0. The van der Waals surface area contributed by atoms with E-state index in [1.165, 1.54) is 4.90 Å². The van der Waals surface area contributed by atoms with E-state index in [-0.39, 0.29) is 25.1 Å². The quantitative estimate of drug-likeness (QED) is 0.508. The number of carbonyl (C=O) groups is 1. The Bertz CT molecular complexity index is 1270. The van der Waals surface area contributed by atoms with Gasteiger partial charge in [0.15, 0.2) is 0 Å². The minimum Gasteiger partial charge on any atom is -0.376 e. The minimum atomic E-state index is -4.93. The van der Waals surface area contributed by atoms with Crippen molar-refractivity contribution in [3.8, 4) is 11.1 Å². The van der Waals surface area contributed by atoms with Gasteiger partial charge in [0.25, 0.3) is 10.0 Å². The van der Waals surface area contributed by atoms with Crippen LogP contribution in [0.4, 0.5) is 18.0 Å². The molecule has 2 aliphatic carbocycles. The van der Waals surface area contributed by atoms with Crippen LogP contribution in [0.5, 0.6) is 0 Å². The maximum Gasteiger partial charge on any atom is 0.350 e. The Morgan fingerprint density at radius 2 is 1.81 bits per heavy atom. The first-order valence-electron chi connectivity index (χ1n) is 12.3. The predicted molar refractivity (Wildman–Crippen MR) is 132 cm³/mol. The maximum absolute atomic E-state index is 15.7. The number of nitrogens with one attached hydrogen (secondary N) is 2. The van der Waals surface area contributed by atoms with Crippen molar-refractivity contribution in [3.63, 3.8) is 0 Å². The fourth-order valence-corrected chi connectivity index (χ4v) is 6.25. The number of benzene rings is 2. The highest BCUT2D eigenvalue weighted by atomic mass is 32.2. The standard InChI is InChI=1S/C26H30F3N3O4S/c1-36-26(12-13-26)15-30-24(33)32-16-25(10-11-25)22(31-37(34,35)23(28)29)20(32)14-18-8-5-9-19(21(18)27)17-6-3-2-4-7-17/h2-9,20,22-23,31H,10-16H2,1H3,(H,30,33)/t20-,22+/m0/s1. The van der Waals surface area contributed by atoms with Crippen molar-refractivity contribution >= 4 is 16.1 Å².